The Hall–Kier alpha value is -0.370. The van der Waals surface area contributed by atoms with Crippen LogP contribution in [0.2, 0.25) is 0 Å². The summed E-state index contributed by atoms with van der Waals surface area (Å²) >= 11 is 0. The van der Waals surface area contributed by atoms with Gasteiger partial charge in [-0.2, -0.15) is 0 Å². The Kier molecular flexibility index (Phi) is 8.67. The van der Waals surface area contributed by atoms with E-state index in [1.54, 1.807) is 0 Å². The Morgan fingerprint density at radius 1 is 1.18 bits per heavy atom. The summed E-state index contributed by atoms with van der Waals surface area (Å²) < 4.78 is 26.1. The molecule has 6 nitrogen and oxygen atoms in total. The molecule has 2 fully saturated rings. The van der Waals surface area contributed by atoms with Crippen LogP contribution in [0.3, 0.4) is 0 Å². The molecule has 22 heavy (non-hydrogen) atoms. The summed E-state index contributed by atoms with van der Waals surface area (Å²) in [6.07, 6.45) is 5.95. The molecule has 1 amide bonds. The highest BCUT2D eigenvalue weighted by Crippen LogP contribution is 2.25. The van der Waals surface area contributed by atoms with Crippen LogP contribution in [0.15, 0.2) is 0 Å². The summed E-state index contributed by atoms with van der Waals surface area (Å²) in [6, 6.07) is 0. The van der Waals surface area contributed by atoms with Crippen LogP contribution in [0.25, 0.3) is 0 Å². The molecule has 8 heteroatoms. The molecule has 1 unspecified atom stereocenters. The highest BCUT2D eigenvalue weighted by atomic mass is 35.5. The van der Waals surface area contributed by atoms with Gasteiger partial charge in [0.15, 0.2) is 0 Å². The van der Waals surface area contributed by atoms with Gasteiger partial charge in [-0.25, -0.2) is 13.1 Å². The summed E-state index contributed by atoms with van der Waals surface area (Å²) in [5.41, 5.74) is 0. The van der Waals surface area contributed by atoms with Gasteiger partial charge in [0.2, 0.25) is 15.9 Å². The van der Waals surface area contributed by atoms with Gasteiger partial charge in [-0.15, -0.1) is 12.4 Å². The lowest BCUT2D eigenvalue weighted by Crippen LogP contribution is -2.37. The molecule has 0 bridgehead atoms. The Morgan fingerprint density at radius 2 is 1.95 bits per heavy atom. The van der Waals surface area contributed by atoms with Gasteiger partial charge in [-0.1, -0.05) is 6.42 Å². The molecule has 0 radical (unpaired) electrons. The summed E-state index contributed by atoms with van der Waals surface area (Å²) in [6.45, 7) is 2.77. The van der Waals surface area contributed by atoms with Crippen LogP contribution in [-0.2, 0) is 14.8 Å². The number of carbonyl (C=O) groups excluding carboxylic acids is 1. The molecule has 0 aromatic heterocycles. The van der Waals surface area contributed by atoms with E-state index in [-0.39, 0.29) is 30.6 Å². The van der Waals surface area contributed by atoms with Gasteiger partial charge >= 0.3 is 0 Å². The van der Waals surface area contributed by atoms with Crippen LogP contribution < -0.4 is 15.4 Å². The number of rotatable bonds is 9. The fourth-order valence-corrected chi connectivity index (χ4v) is 3.73. The molecule has 0 aromatic carbocycles. The van der Waals surface area contributed by atoms with E-state index in [4.69, 9.17) is 0 Å². The normalized spacial score (nSPS) is 21.9. The van der Waals surface area contributed by atoms with E-state index >= 15 is 0 Å². The van der Waals surface area contributed by atoms with E-state index in [0.717, 1.165) is 38.8 Å². The molecule has 1 heterocycles. The maximum atomic E-state index is 11.8. The van der Waals surface area contributed by atoms with Crippen LogP contribution in [0, 0.1) is 11.8 Å². The van der Waals surface area contributed by atoms with E-state index in [0.29, 0.717) is 24.8 Å². The summed E-state index contributed by atoms with van der Waals surface area (Å²) in [4.78, 5) is 11.7. The number of nitrogens with one attached hydrogen (secondary N) is 3. The lowest BCUT2D eigenvalue weighted by atomic mass is 9.86. The van der Waals surface area contributed by atoms with Crippen LogP contribution in [0.4, 0.5) is 0 Å². The van der Waals surface area contributed by atoms with Gasteiger partial charge in [-0.05, 0) is 50.6 Å². The van der Waals surface area contributed by atoms with Crippen molar-refractivity contribution in [2.45, 2.75) is 38.5 Å². The van der Waals surface area contributed by atoms with E-state index in [2.05, 4.69) is 15.4 Å². The van der Waals surface area contributed by atoms with Crippen LogP contribution in [0.1, 0.15) is 38.5 Å². The molecule has 1 saturated heterocycles. The molecule has 1 aliphatic carbocycles. The van der Waals surface area contributed by atoms with Gasteiger partial charge in [0.1, 0.15) is 0 Å². The van der Waals surface area contributed by atoms with Crippen molar-refractivity contribution in [1.82, 2.24) is 15.4 Å². The lowest BCUT2D eigenvalue weighted by Gasteiger charge is -2.25. The third kappa shape index (κ3) is 7.26. The standard InChI is InChI=1S/C14H27N3O3S.ClH/c18-14(5-4-13-6-7-15-10-13)16-8-9-21(19,20)17-11-12-2-1-3-12;/h12-13,15,17H,1-11H2,(H,16,18);1H. The Labute approximate surface area is 139 Å². The van der Waals surface area contributed by atoms with E-state index in [9.17, 15) is 13.2 Å². The van der Waals surface area contributed by atoms with Gasteiger partial charge in [0.25, 0.3) is 0 Å². The summed E-state index contributed by atoms with van der Waals surface area (Å²) in [7, 11) is -3.25. The maximum absolute atomic E-state index is 11.8. The second-order valence-electron chi connectivity index (χ2n) is 6.21. The van der Waals surface area contributed by atoms with Crippen LogP contribution in [-0.4, -0.2) is 46.3 Å². The van der Waals surface area contributed by atoms with E-state index < -0.39 is 10.0 Å². The van der Waals surface area contributed by atoms with Gasteiger partial charge in [0.05, 0.1) is 5.75 Å². The number of hydrogen-bond donors (Lipinski definition) is 3. The number of halogens is 1. The topological polar surface area (TPSA) is 87.3 Å². The molecular weight excluding hydrogens is 326 g/mol. The zero-order chi connectivity index (χ0) is 15.1. The third-order valence-corrected chi connectivity index (χ3v) is 5.80. The molecule has 2 aliphatic rings. The molecular formula is C14H28ClN3O3S. The monoisotopic (exact) mass is 353 g/mol. The van der Waals surface area contributed by atoms with Crippen LogP contribution >= 0.6 is 12.4 Å². The van der Waals surface area contributed by atoms with E-state index in [1.165, 1.54) is 6.42 Å². The fourth-order valence-electron chi connectivity index (χ4n) is 2.72. The number of amides is 1. The molecule has 3 N–H and O–H groups in total. The van der Waals surface area contributed by atoms with E-state index in [1.807, 2.05) is 0 Å². The average Bonchev–Trinajstić information content (AvgIpc) is 2.87. The highest BCUT2D eigenvalue weighted by Gasteiger charge is 2.20. The number of hydrogen-bond acceptors (Lipinski definition) is 4. The van der Waals surface area contributed by atoms with Crippen molar-refractivity contribution < 1.29 is 13.2 Å². The Morgan fingerprint density at radius 3 is 2.55 bits per heavy atom. The first kappa shape index (κ1) is 19.7. The van der Waals surface area contributed by atoms with Gasteiger partial charge in [-0.3, -0.25) is 4.79 Å². The first-order valence-corrected chi connectivity index (χ1v) is 9.65. The minimum atomic E-state index is -3.25. The quantitative estimate of drug-likeness (QED) is 0.567. The predicted molar refractivity (Wildman–Crippen MR) is 89.6 cm³/mol. The molecule has 130 valence electrons. The highest BCUT2D eigenvalue weighted by molar-refractivity contribution is 7.89. The van der Waals surface area contributed by atoms with Crippen molar-refractivity contribution in [1.29, 1.82) is 0 Å². The minimum Gasteiger partial charge on any atom is -0.355 e. The van der Waals surface area contributed by atoms with Crippen molar-refractivity contribution in [2.75, 3.05) is 31.9 Å². The molecule has 1 atom stereocenters. The zero-order valence-electron chi connectivity index (χ0n) is 13.0. The van der Waals surface area contributed by atoms with Crippen molar-refractivity contribution in [2.24, 2.45) is 11.8 Å². The van der Waals surface area contributed by atoms with Crippen molar-refractivity contribution in [3.05, 3.63) is 0 Å². The maximum Gasteiger partial charge on any atom is 0.220 e. The molecule has 1 aliphatic heterocycles. The third-order valence-electron chi connectivity index (χ3n) is 4.45. The molecule has 0 aromatic rings. The van der Waals surface area contributed by atoms with Crippen molar-refractivity contribution in [3.63, 3.8) is 0 Å². The molecule has 2 rings (SSSR count). The van der Waals surface area contributed by atoms with Gasteiger partial charge < -0.3 is 10.6 Å². The second kappa shape index (κ2) is 9.70. The fraction of sp³-hybridized carbons (Fsp3) is 0.929. The SMILES string of the molecule is Cl.O=C(CCC1CCNC1)NCCS(=O)(=O)NCC1CCC1. The Balaban J connectivity index is 0.00000242. The molecule has 1 saturated carbocycles. The minimum absolute atomic E-state index is 0. The predicted octanol–water partition coefficient (Wildman–Crippen LogP) is 0.634. The zero-order valence-corrected chi connectivity index (χ0v) is 14.6. The first-order chi connectivity index (χ1) is 10.1. The average molecular weight is 354 g/mol. The van der Waals surface area contributed by atoms with Gasteiger partial charge in [0, 0.05) is 19.5 Å². The number of sulfonamides is 1. The van der Waals surface area contributed by atoms with Crippen LogP contribution in [0.5, 0.6) is 0 Å². The number of carbonyl (C=O) groups is 1. The molecule has 0 spiro atoms. The Bertz CT molecular complexity index is 435. The first-order valence-electron chi connectivity index (χ1n) is 8.00. The largest absolute Gasteiger partial charge is 0.355 e. The summed E-state index contributed by atoms with van der Waals surface area (Å²) in [5, 5.41) is 5.97. The summed E-state index contributed by atoms with van der Waals surface area (Å²) in [5.74, 6) is 1.02. The second-order valence-corrected chi connectivity index (χ2v) is 8.14. The van der Waals surface area contributed by atoms with Crippen molar-refractivity contribution >= 4 is 28.3 Å². The smallest absolute Gasteiger partial charge is 0.220 e. The lowest BCUT2D eigenvalue weighted by molar-refractivity contribution is -0.121. The van der Waals surface area contributed by atoms with Crippen molar-refractivity contribution in [3.8, 4) is 0 Å².